The molecule has 0 bridgehead atoms. The molecule has 0 spiro atoms. The first kappa shape index (κ1) is 18.3. The molecule has 22 heavy (non-hydrogen) atoms. The normalized spacial score (nSPS) is 13.4. The van der Waals surface area contributed by atoms with Gasteiger partial charge in [-0.05, 0) is 44.7 Å². The van der Waals surface area contributed by atoms with Gasteiger partial charge < -0.3 is 15.4 Å². The van der Waals surface area contributed by atoms with Gasteiger partial charge in [0.1, 0.15) is 5.60 Å². The lowest BCUT2D eigenvalue weighted by Gasteiger charge is -2.26. The highest BCUT2D eigenvalue weighted by Crippen LogP contribution is 2.29. The number of carbonyl (C=O) groups excluding carboxylic acids is 1. The van der Waals surface area contributed by atoms with Crippen molar-refractivity contribution in [2.45, 2.75) is 65.5 Å². The molecule has 4 nitrogen and oxygen atoms in total. The van der Waals surface area contributed by atoms with E-state index in [1.807, 2.05) is 33.8 Å². The molecule has 0 fully saturated rings. The molecular formula is C18H30N2O2. The van der Waals surface area contributed by atoms with Gasteiger partial charge in [-0.15, -0.1) is 0 Å². The van der Waals surface area contributed by atoms with Gasteiger partial charge in [0.15, 0.2) is 0 Å². The molecule has 1 aromatic rings. The zero-order chi connectivity index (χ0) is 17.0. The van der Waals surface area contributed by atoms with E-state index in [1.54, 1.807) is 0 Å². The molecule has 0 aliphatic carbocycles. The Kier molecular flexibility index (Phi) is 5.86. The van der Waals surface area contributed by atoms with Crippen molar-refractivity contribution in [2.75, 3.05) is 11.9 Å². The van der Waals surface area contributed by atoms with Crippen LogP contribution < -0.4 is 10.6 Å². The van der Waals surface area contributed by atoms with Crippen LogP contribution in [0.1, 0.15) is 54.0 Å². The first-order chi connectivity index (χ1) is 9.99. The Morgan fingerprint density at radius 3 is 2.27 bits per heavy atom. The molecule has 0 aliphatic heterocycles. The van der Waals surface area contributed by atoms with Crippen LogP contribution in [-0.4, -0.2) is 24.3 Å². The number of hydrogen-bond donors (Lipinski definition) is 2. The Morgan fingerprint density at radius 2 is 1.73 bits per heavy atom. The molecular weight excluding hydrogens is 276 g/mol. The predicted molar refractivity (Wildman–Crippen MR) is 92.5 cm³/mol. The van der Waals surface area contributed by atoms with Crippen molar-refractivity contribution >= 4 is 11.8 Å². The molecule has 0 saturated carbocycles. The molecule has 0 radical (unpaired) electrons. The van der Waals surface area contributed by atoms with Crippen molar-refractivity contribution in [2.24, 2.45) is 0 Å². The maximum atomic E-state index is 11.7. The monoisotopic (exact) mass is 306 g/mol. The van der Waals surface area contributed by atoms with E-state index in [2.05, 4.69) is 49.6 Å². The Labute approximate surface area is 134 Å². The molecule has 4 heteroatoms. The molecule has 1 aromatic carbocycles. The Morgan fingerprint density at radius 1 is 1.14 bits per heavy atom. The van der Waals surface area contributed by atoms with Crippen LogP contribution in [0.4, 0.5) is 10.5 Å². The van der Waals surface area contributed by atoms with Crippen molar-refractivity contribution < 1.29 is 9.53 Å². The van der Waals surface area contributed by atoms with E-state index in [-0.39, 0.29) is 17.6 Å². The average Bonchev–Trinajstić information content (AvgIpc) is 2.34. The maximum absolute atomic E-state index is 11.7. The fraction of sp³-hybridized carbons (Fsp3) is 0.611. The van der Waals surface area contributed by atoms with Gasteiger partial charge in [0, 0.05) is 18.3 Å². The van der Waals surface area contributed by atoms with Crippen LogP contribution in [0.5, 0.6) is 0 Å². The van der Waals surface area contributed by atoms with E-state index in [9.17, 15) is 4.79 Å². The first-order valence-corrected chi connectivity index (χ1v) is 7.82. The zero-order valence-corrected chi connectivity index (χ0v) is 14.9. The predicted octanol–water partition coefficient (Wildman–Crippen LogP) is 4.31. The lowest BCUT2D eigenvalue weighted by Crippen LogP contribution is -2.38. The number of carbonyl (C=O) groups is 1. The smallest absolute Gasteiger partial charge is 0.407 e. The van der Waals surface area contributed by atoms with Gasteiger partial charge in [0.05, 0.1) is 0 Å². The van der Waals surface area contributed by atoms with Crippen molar-refractivity contribution in [1.82, 2.24) is 5.32 Å². The summed E-state index contributed by atoms with van der Waals surface area (Å²) in [4.78, 5) is 11.7. The van der Waals surface area contributed by atoms with Gasteiger partial charge in [0.2, 0.25) is 0 Å². The Hall–Kier alpha value is -1.71. The molecule has 0 heterocycles. The lowest BCUT2D eigenvalue weighted by atomic mass is 9.85. The van der Waals surface area contributed by atoms with Gasteiger partial charge in [0.25, 0.3) is 0 Å². The minimum atomic E-state index is -0.473. The molecule has 1 rings (SSSR count). The van der Waals surface area contributed by atoms with Crippen LogP contribution in [0.3, 0.4) is 0 Å². The summed E-state index contributed by atoms with van der Waals surface area (Å²) < 4.78 is 5.24. The van der Waals surface area contributed by atoms with Crippen LogP contribution in [0, 0.1) is 0 Å². The van der Waals surface area contributed by atoms with Gasteiger partial charge >= 0.3 is 6.09 Å². The van der Waals surface area contributed by atoms with E-state index < -0.39 is 5.60 Å². The number of amides is 1. The van der Waals surface area contributed by atoms with Crippen molar-refractivity contribution in [3.8, 4) is 0 Å². The zero-order valence-electron chi connectivity index (χ0n) is 14.9. The van der Waals surface area contributed by atoms with Crippen molar-refractivity contribution in [3.63, 3.8) is 0 Å². The van der Waals surface area contributed by atoms with E-state index in [1.165, 1.54) is 5.56 Å². The van der Waals surface area contributed by atoms with Crippen LogP contribution in [0.15, 0.2) is 24.3 Å². The topological polar surface area (TPSA) is 50.4 Å². The van der Waals surface area contributed by atoms with Gasteiger partial charge in [-0.1, -0.05) is 39.0 Å². The second-order valence-electron chi connectivity index (χ2n) is 7.72. The summed E-state index contributed by atoms with van der Waals surface area (Å²) in [6.07, 6.45) is -0.384. The largest absolute Gasteiger partial charge is 0.444 e. The van der Waals surface area contributed by atoms with Gasteiger partial charge in [-0.25, -0.2) is 4.79 Å². The summed E-state index contributed by atoms with van der Waals surface area (Å²) in [6.45, 7) is 14.7. The third-order valence-corrected chi connectivity index (χ3v) is 3.09. The van der Waals surface area contributed by atoms with Gasteiger partial charge in [-0.2, -0.15) is 0 Å². The number of rotatable bonds is 4. The van der Waals surface area contributed by atoms with Crippen LogP contribution >= 0.6 is 0 Å². The summed E-state index contributed by atoms with van der Waals surface area (Å²) in [5.41, 5.74) is 1.97. The SMILES string of the molecule is CC(CNC(=O)OC(C)(C)C)Nc1ccccc1C(C)(C)C. The average molecular weight is 306 g/mol. The summed E-state index contributed by atoms with van der Waals surface area (Å²) in [7, 11) is 0. The Balaban J connectivity index is 2.60. The van der Waals surface area contributed by atoms with E-state index in [4.69, 9.17) is 4.74 Å². The number of ether oxygens (including phenoxy) is 1. The summed E-state index contributed by atoms with van der Waals surface area (Å²) >= 11 is 0. The molecule has 0 saturated heterocycles. The number of para-hydroxylation sites is 1. The Bertz CT molecular complexity index is 499. The first-order valence-electron chi connectivity index (χ1n) is 7.82. The molecule has 1 unspecified atom stereocenters. The third-order valence-electron chi connectivity index (χ3n) is 3.09. The van der Waals surface area contributed by atoms with E-state index in [0.29, 0.717) is 6.54 Å². The molecule has 1 atom stereocenters. The maximum Gasteiger partial charge on any atom is 0.407 e. The number of anilines is 1. The fourth-order valence-electron chi connectivity index (χ4n) is 2.13. The summed E-state index contributed by atoms with van der Waals surface area (Å²) in [6, 6.07) is 8.39. The number of hydrogen-bond acceptors (Lipinski definition) is 3. The van der Waals surface area contributed by atoms with Crippen LogP contribution in [0.25, 0.3) is 0 Å². The number of alkyl carbamates (subject to hydrolysis) is 1. The highest BCUT2D eigenvalue weighted by molar-refractivity contribution is 5.67. The number of benzene rings is 1. The quantitative estimate of drug-likeness (QED) is 0.871. The van der Waals surface area contributed by atoms with E-state index >= 15 is 0 Å². The molecule has 2 N–H and O–H groups in total. The fourth-order valence-corrected chi connectivity index (χ4v) is 2.13. The second kappa shape index (κ2) is 7.03. The molecule has 1 amide bonds. The lowest BCUT2D eigenvalue weighted by molar-refractivity contribution is 0.0526. The molecule has 0 aromatic heterocycles. The van der Waals surface area contributed by atoms with Crippen molar-refractivity contribution in [3.05, 3.63) is 29.8 Å². The van der Waals surface area contributed by atoms with Gasteiger partial charge in [-0.3, -0.25) is 0 Å². The van der Waals surface area contributed by atoms with Crippen molar-refractivity contribution in [1.29, 1.82) is 0 Å². The molecule has 0 aliphatic rings. The third kappa shape index (κ3) is 6.37. The minimum absolute atomic E-state index is 0.0713. The van der Waals surface area contributed by atoms with E-state index in [0.717, 1.165) is 5.69 Å². The number of nitrogens with one attached hydrogen (secondary N) is 2. The summed E-state index contributed by atoms with van der Waals surface area (Å²) in [5, 5.41) is 6.26. The second-order valence-corrected chi connectivity index (χ2v) is 7.72. The van der Waals surface area contributed by atoms with Crippen LogP contribution in [-0.2, 0) is 10.2 Å². The highest BCUT2D eigenvalue weighted by atomic mass is 16.6. The minimum Gasteiger partial charge on any atom is -0.444 e. The summed E-state index contributed by atoms with van der Waals surface area (Å²) in [5.74, 6) is 0. The highest BCUT2D eigenvalue weighted by Gasteiger charge is 2.19. The standard InChI is InChI=1S/C18H30N2O2/c1-13(12-19-16(21)22-18(5,6)7)20-15-11-9-8-10-14(15)17(2,3)4/h8-11,13,20H,12H2,1-7H3,(H,19,21). The van der Waals surface area contributed by atoms with Crippen LogP contribution in [0.2, 0.25) is 0 Å². The molecule has 124 valence electrons.